The average Bonchev–Trinajstić information content (AvgIpc) is 3.11. The SMILES string of the molecule is CS(=O)(=O)C1CCCC(Nc2nc(-c3ccccn3)nc3c2CCC3)C1. The summed E-state index contributed by atoms with van der Waals surface area (Å²) in [6, 6.07) is 5.87. The van der Waals surface area contributed by atoms with Gasteiger partial charge in [-0.2, -0.15) is 0 Å². The van der Waals surface area contributed by atoms with Gasteiger partial charge >= 0.3 is 0 Å². The lowest BCUT2D eigenvalue weighted by atomic mass is 9.95. The third-order valence-electron chi connectivity index (χ3n) is 5.40. The molecule has 0 radical (unpaired) electrons. The first kappa shape index (κ1) is 17.4. The fourth-order valence-electron chi connectivity index (χ4n) is 4.02. The molecule has 6 nitrogen and oxygen atoms in total. The summed E-state index contributed by atoms with van der Waals surface area (Å²) in [7, 11) is -3.00. The van der Waals surface area contributed by atoms with Crippen LogP contribution in [0.15, 0.2) is 24.4 Å². The van der Waals surface area contributed by atoms with Crippen molar-refractivity contribution in [2.45, 2.75) is 56.2 Å². The normalized spacial score (nSPS) is 22.8. The highest BCUT2D eigenvalue weighted by atomic mass is 32.2. The lowest BCUT2D eigenvalue weighted by Crippen LogP contribution is -2.34. The first-order valence-electron chi connectivity index (χ1n) is 9.27. The maximum atomic E-state index is 11.9. The van der Waals surface area contributed by atoms with E-state index in [4.69, 9.17) is 9.97 Å². The van der Waals surface area contributed by atoms with Crippen molar-refractivity contribution in [1.29, 1.82) is 0 Å². The van der Waals surface area contributed by atoms with E-state index in [-0.39, 0.29) is 11.3 Å². The summed E-state index contributed by atoms with van der Waals surface area (Å²) in [5, 5.41) is 3.30. The van der Waals surface area contributed by atoms with Gasteiger partial charge in [-0.25, -0.2) is 18.4 Å². The molecule has 1 N–H and O–H groups in total. The average molecular weight is 372 g/mol. The monoisotopic (exact) mass is 372 g/mol. The second kappa shape index (κ2) is 6.95. The fraction of sp³-hybridized carbons (Fsp3) is 0.526. The Morgan fingerprint density at radius 1 is 1.12 bits per heavy atom. The second-order valence-electron chi connectivity index (χ2n) is 7.35. The molecule has 2 aromatic heterocycles. The van der Waals surface area contributed by atoms with Crippen molar-refractivity contribution in [3.05, 3.63) is 35.7 Å². The number of aromatic nitrogens is 3. The van der Waals surface area contributed by atoms with Gasteiger partial charge < -0.3 is 5.32 Å². The van der Waals surface area contributed by atoms with E-state index >= 15 is 0 Å². The minimum absolute atomic E-state index is 0.139. The molecule has 0 saturated heterocycles. The highest BCUT2D eigenvalue weighted by molar-refractivity contribution is 7.91. The number of fused-ring (bicyclic) bond motifs is 1. The fourth-order valence-corrected chi connectivity index (χ4v) is 5.20. The molecule has 4 rings (SSSR count). The molecule has 26 heavy (non-hydrogen) atoms. The van der Waals surface area contributed by atoms with Crippen LogP contribution in [0.2, 0.25) is 0 Å². The number of hydrogen-bond donors (Lipinski definition) is 1. The molecule has 2 unspecified atom stereocenters. The molecule has 2 aromatic rings. The molecule has 2 heterocycles. The Balaban J connectivity index is 1.63. The standard InChI is InChI=1S/C19H24N4O2S/c1-26(24,25)14-7-4-6-13(12-14)21-18-15-8-5-10-16(15)22-19(23-18)17-9-2-3-11-20-17/h2-3,9,11,13-14H,4-8,10,12H2,1H3,(H,21,22,23). The summed E-state index contributed by atoms with van der Waals surface area (Å²) < 4.78 is 23.9. The van der Waals surface area contributed by atoms with Gasteiger partial charge in [0.15, 0.2) is 5.82 Å². The number of hydrogen-bond acceptors (Lipinski definition) is 6. The highest BCUT2D eigenvalue weighted by Gasteiger charge is 2.30. The van der Waals surface area contributed by atoms with Gasteiger partial charge in [0, 0.05) is 29.8 Å². The van der Waals surface area contributed by atoms with Gasteiger partial charge in [0.05, 0.1) is 5.25 Å². The number of nitrogens with zero attached hydrogens (tertiary/aromatic N) is 3. The molecule has 2 atom stereocenters. The Kier molecular flexibility index (Phi) is 4.65. The molecule has 0 aliphatic heterocycles. The van der Waals surface area contributed by atoms with Crippen molar-refractivity contribution in [3.63, 3.8) is 0 Å². The third kappa shape index (κ3) is 3.58. The zero-order valence-electron chi connectivity index (χ0n) is 15.0. The van der Waals surface area contributed by atoms with Crippen molar-refractivity contribution in [1.82, 2.24) is 15.0 Å². The molecular weight excluding hydrogens is 348 g/mol. The summed E-state index contributed by atoms with van der Waals surface area (Å²) in [6.45, 7) is 0. The maximum Gasteiger partial charge on any atom is 0.180 e. The van der Waals surface area contributed by atoms with E-state index in [2.05, 4.69) is 10.3 Å². The second-order valence-corrected chi connectivity index (χ2v) is 9.67. The maximum absolute atomic E-state index is 11.9. The summed E-state index contributed by atoms with van der Waals surface area (Å²) in [6.07, 6.45) is 9.43. The van der Waals surface area contributed by atoms with Crippen LogP contribution >= 0.6 is 0 Å². The largest absolute Gasteiger partial charge is 0.367 e. The first-order valence-corrected chi connectivity index (χ1v) is 11.2. The van der Waals surface area contributed by atoms with Gasteiger partial charge in [-0.15, -0.1) is 0 Å². The lowest BCUT2D eigenvalue weighted by Gasteiger charge is -2.29. The van der Waals surface area contributed by atoms with Gasteiger partial charge in [-0.1, -0.05) is 12.5 Å². The van der Waals surface area contributed by atoms with Crippen LogP contribution in [0.5, 0.6) is 0 Å². The summed E-state index contributed by atoms with van der Waals surface area (Å²) in [5.74, 6) is 1.51. The van der Waals surface area contributed by atoms with Crippen molar-refractivity contribution in [2.24, 2.45) is 0 Å². The zero-order valence-corrected chi connectivity index (χ0v) is 15.8. The Bertz CT molecular complexity index is 899. The first-order chi connectivity index (χ1) is 12.5. The summed E-state index contributed by atoms with van der Waals surface area (Å²) in [5.41, 5.74) is 3.05. The lowest BCUT2D eigenvalue weighted by molar-refractivity contribution is 0.452. The van der Waals surface area contributed by atoms with Crippen LogP contribution in [0, 0.1) is 0 Å². The minimum atomic E-state index is -3.00. The van der Waals surface area contributed by atoms with Gasteiger partial charge in [0.1, 0.15) is 21.3 Å². The predicted octanol–water partition coefficient (Wildman–Crippen LogP) is 2.80. The van der Waals surface area contributed by atoms with Crippen LogP contribution in [-0.4, -0.2) is 40.9 Å². The molecule has 138 valence electrons. The number of anilines is 1. The molecule has 0 bridgehead atoms. The Hall–Kier alpha value is -2.02. The van der Waals surface area contributed by atoms with E-state index < -0.39 is 9.84 Å². The van der Waals surface area contributed by atoms with Crippen LogP contribution in [0.25, 0.3) is 11.5 Å². The quantitative estimate of drug-likeness (QED) is 0.888. The molecular formula is C19H24N4O2S. The summed E-state index contributed by atoms with van der Waals surface area (Å²) in [4.78, 5) is 13.9. The zero-order chi connectivity index (χ0) is 18.1. The van der Waals surface area contributed by atoms with Gasteiger partial charge in [0.25, 0.3) is 0 Å². The molecule has 0 spiro atoms. The number of pyridine rings is 1. The molecule has 1 saturated carbocycles. The van der Waals surface area contributed by atoms with Crippen molar-refractivity contribution < 1.29 is 8.42 Å². The van der Waals surface area contributed by atoms with E-state index in [9.17, 15) is 8.42 Å². The number of aryl methyl sites for hydroxylation is 1. The molecule has 2 aliphatic rings. The van der Waals surface area contributed by atoms with Crippen LogP contribution in [0.3, 0.4) is 0 Å². The van der Waals surface area contributed by atoms with E-state index in [1.54, 1.807) is 6.20 Å². The van der Waals surface area contributed by atoms with Gasteiger partial charge in [-0.3, -0.25) is 4.98 Å². The minimum Gasteiger partial charge on any atom is -0.367 e. The van der Waals surface area contributed by atoms with Crippen LogP contribution in [0.4, 0.5) is 5.82 Å². The van der Waals surface area contributed by atoms with Gasteiger partial charge in [0.2, 0.25) is 0 Å². The molecule has 0 amide bonds. The summed E-state index contributed by atoms with van der Waals surface area (Å²) >= 11 is 0. The topological polar surface area (TPSA) is 84.8 Å². The van der Waals surface area contributed by atoms with Crippen LogP contribution in [0.1, 0.15) is 43.4 Å². The smallest absolute Gasteiger partial charge is 0.180 e. The predicted molar refractivity (Wildman–Crippen MR) is 102 cm³/mol. The number of sulfone groups is 1. The van der Waals surface area contributed by atoms with Gasteiger partial charge in [-0.05, 0) is 50.7 Å². The highest BCUT2D eigenvalue weighted by Crippen LogP contribution is 2.32. The van der Waals surface area contributed by atoms with Crippen LogP contribution in [-0.2, 0) is 22.7 Å². The number of nitrogens with one attached hydrogen (secondary N) is 1. The number of rotatable bonds is 4. The Morgan fingerprint density at radius 2 is 2.00 bits per heavy atom. The van der Waals surface area contributed by atoms with E-state index in [0.29, 0.717) is 12.2 Å². The van der Waals surface area contributed by atoms with E-state index in [1.807, 2.05) is 18.2 Å². The molecule has 1 fully saturated rings. The van der Waals surface area contributed by atoms with Crippen molar-refractivity contribution >= 4 is 15.7 Å². The molecule has 7 heteroatoms. The Labute approximate surface area is 154 Å². The third-order valence-corrected chi connectivity index (χ3v) is 7.04. The Morgan fingerprint density at radius 3 is 2.77 bits per heavy atom. The van der Waals surface area contributed by atoms with Crippen LogP contribution < -0.4 is 5.32 Å². The van der Waals surface area contributed by atoms with Crippen molar-refractivity contribution in [2.75, 3.05) is 11.6 Å². The van der Waals surface area contributed by atoms with Crippen molar-refractivity contribution in [3.8, 4) is 11.5 Å². The molecule has 0 aromatic carbocycles. The van der Waals surface area contributed by atoms with E-state index in [0.717, 1.165) is 55.7 Å². The van der Waals surface area contributed by atoms with E-state index in [1.165, 1.54) is 11.8 Å². The molecule has 2 aliphatic carbocycles.